The summed E-state index contributed by atoms with van der Waals surface area (Å²) < 4.78 is 79.0. The minimum absolute atomic E-state index is 0.107. The molecule has 0 saturated heterocycles. The van der Waals surface area contributed by atoms with Gasteiger partial charge in [-0.3, -0.25) is 4.79 Å². The number of benzene rings is 1. The van der Waals surface area contributed by atoms with E-state index in [9.17, 15) is 31.1 Å². The van der Waals surface area contributed by atoms with Crippen LogP contribution in [-0.2, 0) is 4.79 Å². The molecule has 0 heterocycles. The van der Waals surface area contributed by atoms with Crippen LogP contribution in [0.4, 0.5) is 37.7 Å². The number of nitrogen functional groups attached to an aromatic ring is 1. The van der Waals surface area contributed by atoms with Crippen molar-refractivity contribution in [1.29, 1.82) is 0 Å². The SMILES string of the molecule is COc1ccc(N)c(NC(=O)C(C(F)(F)F)C(F)(F)F)c1. The van der Waals surface area contributed by atoms with Crippen LogP contribution in [0.5, 0.6) is 5.75 Å². The average Bonchev–Trinajstić information content (AvgIpc) is 2.28. The maximum absolute atomic E-state index is 12.4. The van der Waals surface area contributed by atoms with Gasteiger partial charge in [0.2, 0.25) is 11.8 Å². The number of rotatable bonds is 3. The van der Waals surface area contributed by atoms with Crippen molar-refractivity contribution < 1.29 is 35.9 Å². The van der Waals surface area contributed by atoms with Crippen molar-refractivity contribution >= 4 is 17.3 Å². The summed E-state index contributed by atoms with van der Waals surface area (Å²) in [6.07, 6.45) is -11.5. The van der Waals surface area contributed by atoms with E-state index < -0.39 is 29.9 Å². The molecule has 21 heavy (non-hydrogen) atoms. The van der Waals surface area contributed by atoms with Gasteiger partial charge in [-0.2, -0.15) is 26.3 Å². The smallest absolute Gasteiger partial charge is 0.409 e. The fourth-order valence-corrected chi connectivity index (χ4v) is 1.46. The Balaban J connectivity index is 3.08. The molecule has 0 bridgehead atoms. The van der Waals surface area contributed by atoms with Crippen LogP contribution in [0.2, 0.25) is 0 Å². The summed E-state index contributed by atoms with van der Waals surface area (Å²) in [6, 6.07) is 3.51. The van der Waals surface area contributed by atoms with Gasteiger partial charge in [-0.25, -0.2) is 0 Å². The Labute approximate surface area is 114 Å². The van der Waals surface area contributed by atoms with Crippen molar-refractivity contribution in [2.45, 2.75) is 12.4 Å². The number of alkyl halides is 6. The van der Waals surface area contributed by atoms with Crippen LogP contribution in [0.1, 0.15) is 0 Å². The molecule has 0 aromatic heterocycles. The van der Waals surface area contributed by atoms with Gasteiger partial charge in [-0.05, 0) is 12.1 Å². The summed E-state index contributed by atoms with van der Waals surface area (Å²) in [5.74, 6) is -6.30. The van der Waals surface area contributed by atoms with Gasteiger partial charge in [-0.1, -0.05) is 0 Å². The molecule has 0 radical (unpaired) electrons. The maximum atomic E-state index is 12.4. The molecule has 0 aliphatic heterocycles. The van der Waals surface area contributed by atoms with Crippen molar-refractivity contribution in [2.24, 2.45) is 5.92 Å². The van der Waals surface area contributed by atoms with Crippen molar-refractivity contribution in [1.82, 2.24) is 0 Å². The lowest BCUT2D eigenvalue weighted by Gasteiger charge is -2.22. The number of methoxy groups -OCH3 is 1. The number of ether oxygens (including phenoxy) is 1. The van der Waals surface area contributed by atoms with Crippen LogP contribution in [0, 0.1) is 5.92 Å². The molecule has 0 saturated carbocycles. The molecular formula is C11H10F6N2O2. The number of halogens is 6. The highest BCUT2D eigenvalue weighted by molar-refractivity contribution is 5.96. The first-order valence-electron chi connectivity index (χ1n) is 5.34. The first-order chi connectivity index (χ1) is 9.46. The van der Waals surface area contributed by atoms with Crippen molar-refractivity contribution in [3.63, 3.8) is 0 Å². The Morgan fingerprint density at radius 2 is 1.71 bits per heavy atom. The number of nitrogens with two attached hydrogens (primary N) is 1. The van der Waals surface area contributed by atoms with Gasteiger partial charge in [0.15, 0.2) is 0 Å². The fourth-order valence-electron chi connectivity index (χ4n) is 1.46. The highest BCUT2D eigenvalue weighted by atomic mass is 19.4. The third-order valence-corrected chi connectivity index (χ3v) is 2.44. The van der Waals surface area contributed by atoms with Gasteiger partial charge < -0.3 is 15.8 Å². The Kier molecular flexibility index (Phi) is 4.59. The lowest BCUT2D eigenvalue weighted by Crippen LogP contribution is -2.45. The van der Waals surface area contributed by atoms with E-state index in [2.05, 4.69) is 0 Å². The third-order valence-electron chi connectivity index (χ3n) is 2.44. The zero-order valence-electron chi connectivity index (χ0n) is 10.5. The number of hydrogen-bond acceptors (Lipinski definition) is 3. The largest absolute Gasteiger partial charge is 0.497 e. The van der Waals surface area contributed by atoms with E-state index in [0.717, 1.165) is 6.07 Å². The number of hydrogen-bond donors (Lipinski definition) is 2. The van der Waals surface area contributed by atoms with Gasteiger partial charge in [-0.15, -0.1) is 0 Å². The van der Waals surface area contributed by atoms with Crippen LogP contribution in [0.15, 0.2) is 18.2 Å². The van der Waals surface area contributed by atoms with E-state index >= 15 is 0 Å². The monoisotopic (exact) mass is 316 g/mol. The molecule has 1 amide bonds. The Morgan fingerprint density at radius 1 is 1.19 bits per heavy atom. The quantitative estimate of drug-likeness (QED) is 0.665. The number of nitrogens with one attached hydrogen (secondary N) is 1. The molecule has 10 heteroatoms. The molecule has 4 nitrogen and oxygen atoms in total. The van der Waals surface area contributed by atoms with Crippen LogP contribution >= 0.6 is 0 Å². The molecule has 0 unspecified atom stereocenters. The summed E-state index contributed by atoms with van der Waals surface area (Å²) in [7, 11) is 1.23. The van der Waals surface area contributed by atoms with E-state index in [-0.39, 0.29) is 11.4 Å². The molecule has 118 valence electrons. The predicted molar refractivity (Wildman–Crippen MR) is 61.6 cm³/mol. The molecular weight excluding hydrogens is 306 g/mol. The van der Waals surface area contributed by atoms with Gasteiger partial charge in [0.05, 0.1) is 18.5 Å². The second-order valence-electron chi connectivity index (χ2n) is 3.96. The molecule has 0 aliphatic carbocycles. The van der Waals surface area contributed by atoms with E-state index in [0.29, 0.717) is 0 Å². The van der Waals surface area contributed by atoms with Crippen molar-refractivity contribution in [3.05, 3.63) is 18.2 Å². The molecule has 1 aromatic rings. The maximum Gasteiger partial charge on any atom is 0.409 e. The zero-order valence-corrected chi connectivity index (χ0v) is 10.5. The molecule has 0 atom stereocenters. The third kappa shape index (κ3) is 4.17. The van der Waals surface area contributed by atoms with E-state index in [1.165, 1.54) is 24.6 Å². The molecule has 0 aliphatic rings. The van der Waals surface area contributed by atoms with Gasteiger partial charge in [0, 0.05) is 6.07 Å². The molecule has 3 N–H and O–H groups in total. The van der Waals surface area contributed by atoms with Crippen LogP contribution in [0.3, 0.4) is 0 Å². The Bertz CT molecular complexity index is 512. The topological polar surface area (TPSA) is 64.3 Å². The zero-order chi connectivity index (χ0) is 16.4. The number of carbonyl (C=O) groups excluding carboxylic acids is 1. The second kappa shape index (κ2) is 5.70. The second-order valence-corrected chi connectivity index (χ2v) is 3.96. The first kappa shape index (κ1) is 16.9. The van der Waals surface area contributed by atoms with Gasteiger partial charge in [0.25, 0.3) is 0 Å². The molecule has 0 spiro atoms. The van der Waals surface area contributed by atoms with Gasteiger partial charge in [0.1, 0.15) is 5.75 Å². The van der Waals surface area contributed by atoms with Crippen molar-refractivity contribution in [2.75, 3.05) is 18.2 Å². The standard InChI is InChI=1S/C11H10F6N2O2/c1-21-5-2-3-6(18)7(4-5)19-9(20)8(10(12,13)14)11(15,16)17/h2-4,8H,18H2,1H3,(H,19,20). The number of amides is 1. The van der Waals surface area contributed by atoms with Crippen LogP contribution in [0.25, 0.3) is 0 Å². The predicted octanol–water partition coefficient (Wildman–Crippen LogP) is 2.96. The molecule has 0 fully saturated rings. The molecule has 1 aromatic carbocycles. The Morgan fingerprint density at radius 3 is 2.14 bits per heavy atom. The van der Waals surface area contributed by atoms with Crippen LogP contribution in [-0.4, -0.2) is 25.4 Å². The highest BCUT2D eigenvalue weighted by Crippen LogP contribution is 2.40. The van der Waals surface area contributed by atoms with E-state index in [4.69, 9.17) is 10.5 Å². The lowest BCUT2D eigenvalue weighted by molar-refractivity contribution is -0.272. The fraction of sp³-hybridized carbons (Fsp3) is 0.364. The molecule has 1 rings (SSSR count). The highest BCUT2D eigenvalue weighted by Gasteiger charge is 2.61. The van der Waals surface area contributed by atoms with Crippen molar-refractivity contribution in [3.8, 4) is 5.75 Å². The minimum atomic E-state index is -5.77. The average molecular weight is 316 g/mol. The minimum Gasteiger partial charge on any atom is -0.497 e. The summed E-state index contributed by atoms with van der Waals surface area (Å²) in [4.78, 5) is 11.3. The van der Waals surface area contributed by atoms with E-state index in [1.54, 1.807) is 0 Å². The first-order valence-corrected chi connectivity index (χ1v) is 5.34. The number of carbonyl (C=O) groups is 1. The van der Waals surface area contributed by atoms with Gasteiger partial charge >= 0.3 is 12.4 Å². The summed E-state index contributed by atoms with van der Waals surface area (Å²) in [5, 5.41) is 1.51. The van der Waals surface area contributed by atoms with Crippen LogP contribution < -0.4 is 15.8 Å². The lowest BCUT2D eigenvalue weighted by atomic mass is 10.1. The normalized spacial score (nSPS) is 12.4. The summed E-state index contributed by atoms with van der Waals surface area (Å²) in [5.41, 5.74) is 4.77. The summed E-state index contributed by atoms with van der Waals surface area (Å²) >= 11 is 0. The number of anilines is 2. The van der Waals surface area contributed by atoms with E-state index in [1.807, 2.05) is 0 Å². The summed E-state index contributed by atoms with van der Waals surface area (Å²) in [6.45, 7) is 0. The Hall–Kier alpha value is -2.13.